The van der Waals surface area contributed by atoms with Gasteiger partial charge in [0.1, 0.15) is 12.5 Å². The molecule has 1 heterocycles. The molecule has 40 heavy (non-hydrogen) atoms. The van der Waals surface area contributed by atoms with E-state index in [4.69, 9.17) is 28.5 Å². The summed E-state index contributed by atoms with van der Waals surface area (Å²) in [5, 5.41) is 0.137. The van der Waals surface area contributed by atoms with Crippen LogP contribution in [-0.4, -0.2) is 84.7 Å². The summed E-state index contributed by atoms with van der Waals surface area (Å²) in [5.74, 6) is -10.0. The highest BCUT2D eigenvalue weighted by atomic mass is 16.7. The van der Waals surface area contributed by atoms with Gasteiger partial charge in [-0.3, -0.25) is 28.8 Å². The molecular formula is C25H35NO14. The van der Waals surface area contributed by atoms with Crippen molar-refractivity contribution in [1.29, 1.82) is 0 Å². The van der Waals surface area contributed by atoms with Gasteiger partial charge in [-0.25, -0.2) is 9.59 Å². The Balaban J connectivity index is 3.13. The van der Waals surface area contributed by atoms with Gasteiger partial charge >= 0.3 is 35.8 Å². The highest BCUT2D eigenvalue weighted by Gasteiger charge is 2.45. The first-order valence-corrected chi connectivity index (χ1v) is 12.5. The van der Waals surface area contributed by atoms with Crippen LogP contribution in [0.3, 0.4) is 0 Å². The molecule has 0 saturated carbocycles. The molecule has 0 aromatic carbocycles. The second kappa shape index (κ2) is 16.2. The summed E-state index contributed by atoms with van der Waals surface area (Å²) < 4.78 is 25.0. The van der Waals surface area contributed by atoms with Crippen molar-refractivity contribution in [2.75, 3.05) is 19.8 Å². The van der Waals surface area contributed by atoms with Crippen LogP contribution in [0.2, 0.25) is 0 Å². The quantitative estimate of drug-likeness (QED) is 0.148. The summed E-state index contributed by atoms with van der Waals surface area (Å²) in [7, 11) is 0. The molecule has 3 atom stereocenters. The number of hydrogen-bond acceptors (Lipinski definition) is 14. The number of amides is 2. The van der Waals surface area contributed by atoms with Gasteiger partial charge in [0.15, 0.2) is 0 Å². The third-order valence-electron chi connectivity index (χ3n) is 4.82. The van der Waals surface area contributed by atoms with Crippen molar-refractivity contribution in [1.82, 2.24) is 5.06 Å². The van der Waals surface area contributed by atoms with Crippen LogP contribution in [0, 0.1) is 17.8 Å². The molecule has 1 aliphatic rings. The molecule has 0 aromatic rings. The van der Waals surface area contributed by atoms with Gasteiger partial charge in [0.2, 0.25) is 12.2 Å². The molecule has 15 heteroatoms. The molecule has 1 fully saturated rings. The topological polar surface area (TPSA) is 195 Å². The molecule has 0 radical (unpaired) electrons. The third-order valence-corrected chi connectivity index (χ3v) is 4.82. The van der Waals surface area contributed by atoms with Crippen LogP contribution in [0.5, 0.6) is 0 Å². The maximum atomic E-state index is 13.0. The Kier molecular flexibility index (Phi) is 13.7. The average Bonchev–Trinajstić information content (AvgIpc) is 3.17. The third kappa shape index (κ3) is 11.8. The van der Waals surface area contributed by atoms with Crippen LogP contribution < -0.4 is 0 Å². The van der Waals surface area contributed by atoms with Crippen LogP contribution in [0.25, 0.3) is 0 Å². The Hall–Kier alpha value is -4.04. The van der Waals surface area contributed by atoms with Crippen LogP contribution in [0.4, 0.5) is 0 Å². The zero-order valence-electron chi connectivity index (χ0n) is 23.3. The summed E-state index contributed by atoms with van der Waals surface area (Å²) in [4.78, 5) is 102. The molecule has 1 saturated heterocycles. The highest BCUT2D eigenvalue weighted by Crippen LogP contribution is 2.18. The summed E-state index contributed by atoms with van der Waals surface area (Å²) in [6.07, 6.45) is -5.56. The summed E-state index contributed by atoms with van der Waals surface area (Å²) in [6, 6.07) is 0. The minimum atomic E-state index is -2.29. The number of hydrogen-bond donors (Lipinski definition) is 0. The number of rotatable bonds is 15. The first kappa shape index (κ1) is 34.0. The lowest BCUT2D eigenvalue weighted by atomic mass is 10.1. The van der Waals surface area contributed by atoms with Crippen molar-refractivity contribution >= 4 is 47.6 Å². The monoisotopic (exact) mass is 573 g/mol. The van der Waals surface area contributed by atoms with Gasteiger partial charge in [0.05, 0.1) is 19.6 Å². The van der Waals surface area contributed by atoms with Gasteiger partial charge in [0, 0.05) is 26.7 Å². The molecule has 1 aliphatic heterocycles. The van der Waals surface area contributed by atoms with Crippen molar-refractivity contribution in [3.05, 3.63) is 0 Å². The summed E-state index contributed by atoms with van der Waals surface area (Å²) in [5.41, 5.74) is 0. The molecule has 0 aromatic heterocycles. The number of ether oxygens (including phenoxy) is 5. The van der Waals surface area contributed by atoms with Crippen molar-refractivity contribution < 1.29 is 66.9 Å². The second-order valence-electron chi connectivity index (χ2n) is 9.68. The minimum Gasteiger partial charge on any atom is -0.465 e. The van der Waals surface area contributed by atoms with Gasteiger partial charge in [0.25, 0.3) is 11.8 Å². The molecular weight excluding hydrogens is 538 g/mol. The lowest BCUT2D eigenvalue weighted by molar-refractivity contribution is -0.213. The molecule has 224 valence electrons. The lowest BCUT2D eigenvalue weighted by Gasteiger charge is -2.25. The molecule has 0 bridgehead atoms. The normalized spacial score (nSPS) is 15.2. The predicted molar refractivity (Wildman–Crippen MR) is 129 cm³/mol. The first-order chi connectivity index (χ1) is 18.6. The SMILES string of the molecule is CC(=O)O[C@@H](C(=O)OC[C@@H](CC(=O)OCC(C)C)C(=O)OCC(C)C)[C@@H](OC(C)=O)C(=O)ON1C(=O)CCC1=O. The summed E-state index contributed by atoms with van der Waals surface area (Å²) >= 11 is 0. The van der Waals surface area contributed by atoms with E-state index in [9.17, 15) is 38.4 Å². The number of imide groups is 1. The number of carbonyl (C=O) groups is 8. The Labute approximate surface area is 230 Å². The Morgan fingerprint density at radius 2 is 1.12 bits per heavy atom. The van der Waals surface area contributed by atoms with Crippen LogP contribution in [0.1, 0.15) is 60.8 Å². The van der Waals surface area contributed by atoms with E-state index in [1.165, 1.54) is 0 Å². The van der Waals surface area contributed by atoms with E-state index in [2.05, 4.69) is 0 Å². The molecule has 1 rings (SSSR count). The van der Waals surface area contributed by atoms with Gasteiger partial charge in [-0.1, -0.05) is 27.7 Å². The van der Waals surface area contributed by atoms with Crippen molar-refractivity contribution in [3.63, 3.8) is 0 Å². The number of carbonyl (C=O) groups excluding carboxylic acids is 8. The Morgan fingerprint density at radius 3 is 1.60 bits per heavy atom. The van der Waals surface area contributed by atoms with Gasteiger partial charge in [-0.15, -0.1) is 5.06 Å². The van der Waals surface area contributed by atoms with E-state index in [-0.39, 0.29) is 43.0 Å². The molecule has 0 spiro atoms. The maximum absolute atomic E-state index is 13.0. The maximum Gasteiger partial charge on any atom is 0.377 e. The molecule has 0 unspecified atom stereocenters. The minimum absolute atomic E-state index is 0.00863. The Bertz CT molecular complexity index is 972. The molecule has 0 N–H and O–H groups in total. The summed E-state index contributed by atoms with van der Waals surface area (Å²) in [6.45, 7) is 8.23. The molecule has 15 nitrogen and oxygen atoms in total. The van der Waals surface area contributed by atoms with E-state index < -0.39 is 78.8 Å². The number of esters is 5. The van der Waals surface area contributed by atoms with E-state index in [1.807, 2.05) is 0 Å². The van der Waals surface area contributed by atoms with Crippen LogP contribution >= 0.6 is 0 Å². The first-order valence-electron chi connectivity index (χ1n) is 12.5. The zero-order chi connectivity index (χ0) is 30.6. The smallest absolute Gasteiger partial charge is 0.377 e. The fraction of sp³-hybridized carbons (Fsp3) is 0.680. The largest absolute Gasteiger partial charge is 0.465 e. The highest BCUT2D eigenvalue weighted by molar-refractivity contribution is 6.02. The van der Waals surface area contributed by atoms with Crippen LogP contribution in [-0.2, 0) is 66.9 Å². The lowest BCUT2D eigenvalue weighted by Crippen LogP contribution is -2.49. The van der Waals surface area contributed by atoms with E-state index in [0.29, 0.717) is 0 Å². The van der Waals surface area contributed by atoms with Gasteiger partial charge < -0.3 is 28.5 Å². The average molecular weight is 574 g/mol. The number of hydroxylamine groups is 2. The van der Waals surface area contributed by atoms with E-state index >= 15 is 0 Å². The van der Waals surface area contributed by atoms with E-state index in [1.54, 1.807) is 27.7 Å². The van der Waals surface area contributed by atoms with Gasteiger partial charge in [-0.2, -0.15) is 0 Å². The molecule has 2 amide bonds. The van der Waals surface area contributed by atoms with Crippen molar-refractivity contribution in [3.8, 4) is 0 Å². The predicted octanol–water partition coefficient (Wildman–Crippen LogP) is 0.405. The van der Waals surface area contributed by atoms with Crippen LogP contribution in [0.15, 0.2) is 0 Å². The second-order valence-corrected chi connectivity index (χ2v) is 9.68. The van der Waals surface area contributed by atoms with Gasteiger partial charge in [-0.05, 0) is 11.8 Å². The fourth-order valence-corrected chi connectivity index (χ4v) is 2.99. The van der Waals surface area contributed by atoms with Crippen molar-refractivity contribution in [2.24, 2.45) is 17.8 Å². The number of nitrogens with zero attached hydrogens (tertiary/aromatic N) is 1. The van der Waals surface area contributed by atoms with Crippen molar-refractivity contribution in [2.45, 2.75) is 73.0 Å². The standard InChI is InChI=1S/C25H35NO14/c1-13(2)10-35-20(31)9-17(23(32)36-11-14(3)4)12-37-24(33)21(38-15(5)27)22(39-16(6)28)25(34)40-26-18(29)7-8-19(26)30/h13-14,17,21-22H,7-12H2,1-6H3/t17-,21-,22-/m1/s1. The Morgan fingerprint density at radius 1 is 0.675 bits per heavy atom. The zero-order valence-corrected chi connectivity index (χ0v) is 23.3. The molecule has 0 aliphatic carbocycles. The van der Waals surface area contributed by atoms with E-state index in [0.717, 1.165) is 13.8 Å². The fourth-order valence-electron chi connectivity index (χ4n) is 2.99.